The molecular formula is C14H20N2O2S. The van der Waals surface area contributed by atoms with E-state index in [1.165, 1.54) is 18.3 Å². The molecule has 1 saturated heterocycles. The van der Waals surface area contributed by atoms with Crippen molar-refractivity contribution in [2.24, 2.45) is 11.7 Å². The van der Waals surface area contributed by atoms with Crippen LogP contribution in [0.5, 0.6) is 0 Å². The van der Waals surface area contributed by atoms with Gasteiger partial charge in [0.25, 0.3) is 5.91 Å². The zero-order valence-corrected chi connectivity index (χ0v) is 12.2. The zero-order chi connectivity index (χ0) is 14.0. The van der Waals surface area contributed by atoms with Crippen molar-refractivity contribution < 1.29 is 9.59 Å². The van der Waals surface area contributed by atoms with Crippen molar-refractivity contribution >= 4 is 23.0 Å². The van der Waals surface area contributed by atoms with Crippen LogP contribution < -0.4 is 5.73 Å². The number of amides is 1. The number of likely N-dealkylation sites (tertiary alicyclic amines) is 1. The van der Waals surface area contributed by atoms with Crippen LogP contribution in [0.1, 0.15) is 46.0 Å². The lowest BCUT2D eigenvalue weighted by atomic mass is 9.92. The molecule has 0 radical (unpaired) electrons. The highest BCUT2D eigenvalue weighted by atomic mass is 32.1. The second kappa shape index (κ2) is 5.84. The Bertz CT molecular complexity index is 484. The van der Waals surface area contributed by atoms with Crippen LogP contribution >= 0.6 is 11.3 Å². The molecule has 0 aromatic carbocycles. The minimum atomic E-state index is 0.00620. The van der Waals surface area contributed by atoms with E-state index in [4.69, 9.17) is 5.73 Å². The number of carbonyl (C=O) groups excluding carboxylic acids is 2. The molecule has 19 heavy (non-hydrogen) atoms. The number of thiophene rings is 1. The molecule has 0 aliphatic carbocycles. The molecular weight excluding hydrogens is 260 g/mol. The molecule has 2 N–H and O–H groups in total. The lowest BCUT2D eigenvalue weighted by molar-refractivity contribution is 0.0578. The van der Waals surface area contributed by atoms with Crippen molar-refractivity contribution in [3.63, 3.8) is 0 Å². The third-order valence-corrected chi connectivity index (χ3v) is 4.85. The van der Waals surface area contributed by atoms with Crippen molar-refractivity contribution in [2.75, 3.05) is 13.1 Å². The predicted octanol–water partition coefficient (Wildman–Crippen LogP) is 2.15. The third-order valence-electron chi connectivity index (χ3n) is 3.67. The van der Waals surface area contributed by atoms with E-state index < -0.39 is 0 Å². The standard InChI is InChI=1S/C14H20N2O2S/c1-9-5-6-16(11(7-9)8-15)14(18)13-4-3-12(19-13)10(2)17/h3-4,9,11H,5-8,15H2,1-2H3. The van der Waals surface area contributed by atoms with Gasteiger partial charge in [-0.05, 0) is 37.8 Å². The molecule has 0 saturated carbocycles. The van der Waals surface area contributed by atoms with Gasteiger partial charge in [0.15, 0.2) is 5.78 Å². The van der Waals surface area contributed by atoms with E-state index in [0.717, 1.165) is 19.4 Å². The Hall–Kier alpha value is -1.20. The molecule has 1 aromatic rings. The van der Waals surface area contributed by atoms with Crippen molar-refractivity contribution in [1.29, 1.82) is 0 Å². The molecule has 2 atom stereocenters. The molecule has 0 bridgehead atoms. The van der Waals surface area contributed by atoms with Crippen LogP contribution in [-0.4, -0.2) is 35.7 Å². The van der Waals surface area contributed by atoms with E-state index in [0.29, 0.717) is 22.2 Å². The van der Waals surface area contributed by atoms with Gasteiger partial charge in [0.05, 0.1) is 9.75 Å². The average molecular weight is 280 g/mol. The fourth-order valence-corrected chi connectivity index (χ4v) is 3.38. The number of nitrogens with zero attached hydrogens (tertiary/aromatic N) is 1. The number of hydrogen-bond donors (Lipinski definition) is 1. The topological polar surface area (TPSA) is 63.4 Å². The minimum Gasteiger partial charge on any atom is -0.334 e. The number of hydrogen-bond acceptors (Lipinski definition) is 4. The summed E-state index contributed by atoms with van der Waals surface area (Å²) in [6.07, 6.45) is 1.99. The Labute approximate surface area is 117 Å². The maximum absolute atomic E-state index is 12.5. The second-order valence-electron chi connectivity index (χ2n) is 5.24. The lowest BCUT2D eigenvalue weighted by Gasteiger charge is -2.37. The van der Waals surface area contributed by atoms with Gasteiger partial charge in [0.1, 0.15) is 0 Å². The highest BCUT2D eigenvalue weighted by molar-refractivity contribution is 7.15. The molecule has 2 heterocycles. The van der Waals surface area contributed by atoms with E-state index in [9.17, 15) is 9.59 Å². The molecule has 1 amide bonds. The van der Waals surface area contributed by atoms with Crippen LogP contribution in [0, 0.1) is 5.92 Å². The monoisotopic (exact) mass is 280 g/mol. The summed E-state index contributed by atoms with van der Waals surface area (Å²) in [5.41, 5.74) is 5.78. The van der Waals surface area contributed by atoms with Gasteiger partial charge in [-0.2, -0.15) is 0 Å². The highest BCUT2D eigenvalue weighted by Gasteiger charge is 2.30. The second-order valence-corrected chi connectivity index (χ2v) is 6.32. The van der Waals surface area contributed by atoms with Crippen LogP contribution in [0.25, 0.3) is 0 Å². The average Bonchev–Trinajstić information content (AvgIpc) is 2.87. The largest absolute Gasteiger partial charge is 0.334 e. The SMILES string of the molecule is CC(=O)c1ccc(C(=O)N2CCC(C)CC2CN)s1. The summed E-state index contributed by atoms with van der Waals surface area (Å²) in [6, 6.07) is 3.60. The lowest BCUT2D eigenvalue weighted by Crippen LogP contribution is -2.49. The first-order valence-corrected chi connectivity index (χ1v) is 7.46. The van der Waals surface area contributed by atoms with E-state index >= 15 is 0 Å². The fraction of sp³-hybridized carbons (Fsp3) is 0.571. The smallest absolute Gasteiger partial charge is 0.264 e. The first kappa shape index (κ1) is 14.2. The molecule has 4 nitrogen and oxygen atoms in total. The number of piperidine rings is 1. The Balaban J connectivity index is 2.15. The first-order valence-electron chi connectivity index (χ1n) is 6.64. The quantitative estimate of drug-likeness (QED) is 0.863. The molecule has 5 heteroatoms. The van der Waals surface area contributed by atoms with Crippen molar-refractivity contribution in [1.82, 2.24) is 4.90 Å². The maximum atomic E-state index is 12.5. The molecule has 1 aromatic heterocycles. The van der Waals surface area contributed by atoms with Gasteiger partial charge in [-0.15, -0.1) is 11.3 Å². The van der Waals surface area contributed by atoms with Crippen LogP contribution in [0.15, 0.2) is 12.1 Å². The summed E-state index contributed by atoms with van der Waals surface area (Å²) >= 11 is 1.27. The Kier molecular flexibility index (Phi) is 4.37. The van der Waals surface area contributed by atoms with Gasteiger partial charge in [0.2, 0.25) is 0 Å². The maximum Gasteiger partial charge on any atom is 0.264 e. The van der Waals surface area contributed by atoms with E-state index in [1.807, 2.05) is 4.90 Å². The molecule has 0 spiro atoms. The van der Waals surface area contributed by atoms with Gasteiger partial charge in [-0.25, -0.2) is 0 Å². The van der Waals surface area contributed by atoms with E-state index in [2.05, 4.69) is 6.92 Å². The number of nitrogens with two attached hydrogens (primary N) is 1. The number of rotatable bonds is 3. The fourth-order valence-electron chi connectivity index (χ4n) is 2.53. The van der Waals surface area contributed by atoms with Gasteiger partial charge in [0, 0.05) is 19.1 Å². The van der Waals surface area contributed by atoms with Crippen LogP contribution in [0.3, 0.4) is 0 Å². The minimum absolute atomic E-state index is 0.00620. The van der Waals surface area contributed by atoms with Crippen molar-refractivity contribution in [2.45, 2.75) is 32.7 Å². The van der Waals surface area contributed by atoms with Crippen molar-refractivity contribution in [3.05, 3.63) is 21.9 Å². The molecule has 1 aliphatic rings. The molecule has 1 aliphatic heterocycles. The molecule has 1 fully saturated rings. The van der Waals surface area contributed by atoms with Crippen LogP contribution in [0.4, 0.5) is 0 Å². The Morgan fingerprint density at radius 1 is 1.42 bits per heavy atom. The van der Waals surface area contributed by atoms with Gasteiger partial charge >= 0.3 is 0 Å². The molecule has 104 valence electrons. The predicted molar refractivity (Wildman–Crippen MR) is 76.6 cm³/mol. The summed E-state index contributed by atoms with van der Waals surface area (Å²) < 4.78 is 0. The summed E-state index contributed by atoms with van der Waals surface area (Å²) in [5.74, 6) is 0.639. The molecule has 2 rings (SSSR count). The van der Waals surface area contributed by atoms with Crippen molar-refractivity contribution in [3.8, 4) is 0 Å². The third kappa shape index (κ3) is 3.04. The van der Waals surface area contributed by atoms with Crippen LogP contribution in [-0.2, 0) is 0 Å². The number of ketones is 1. The summed E-state index contributed by atoms with van der Waals surface area (Å²) in [6.45, 7) is 4.98. The van der Waals surface area contributed by atoms with E-state index in [1.54, 1.807) is 12.1 Å². The first-order chi connectivity index (χ1) is 9.02. The summed E-state index contributed by atoms with van der Waals surface area (Å²) in [5, 5.41) is 0. The summed E-state index contributed by atoms with van der Waals surface area (Å²) in [7, 11) is 0. The van der Waals surface area contributed by atoms with Gasteiger partial charge in [-0.1, -0.05) is 6.92 Å². The Morgan fingerprint density at radius 2 is 2.11 bits per heavy atom. The molecule has 2 unspecified atom stereocenters. The normalized spacial score (nSPS) is 23.4. The van der Waals surface area contributed by atoms with Crippen LogP contribution in [0.2, 0.25) is 0 Å². The Morgan fingerprint density at radius 3 is 2.68 bits per heavy atom. The zero-order valence-electron chi connectivity index (χ0n) is 11.4. The van der Waals surface area contributed by atoms with Gasteiger partial charge < -0.3 is 10.6 Å². The van der Waals surface area contributed by atoms with Gasteiger partial charge in [-0.3, -0.25) is 9.59 Å². The highest BCUT2D eigenvalue weighted by Crippen LogP contribution is 2.26. The van der Waals surface area contributed by atoms with E-state index in [-0.39, 0.29) is 17.7 Å². The number of Topliss-reactive ketones (excluding diaryl/α,β-unsaturated/α-hetero) is 1. The summed E-state index contributed by atoms with van der Waals surface area (Å²) in [4.78, 5) is 26.9. The number of carbonyl (C=O) groups is 2.